The lowest BCUT2D eigenvalue weighted by molar-refractivity contribution is 1.12. The number of nitrogens with zero attached hydrogens (tertiary/aromatic N) is 3. The molecule has 118 valence electrons. The van der Waals surface area contributed by atoms with Crippen molar-refractivity contribution < 1.29 is 0 Å². The molecule has 0 atom stereocenters. The van der Waals surface area contributed by atoms with Crippen molar-refractivity contribution in [1.29, 1.82) is 0 Å². The lowest BCUT2D eigenvalue weighted by Gasteiger charge is -2.11. The third-order valence-corrected chi connectivity index (χ3v) is 3.70. The zero-order valence-electron chi connectivity index (χ0n) is 13.1. The molecule has 0 aliphatic rings. The average Bonchev–Trinajstić information content (AvgIpc) is 3.06. The number of hydrogen-bond donors (Lipinski definition) is 3. The molecule has 0 radical (unpaired) electrons. The predicted molar refractivity (Wildman–Crippen MR) is 95.9 cm³/mol. The monoisotopic (exact) mass is 316 g/mol. The van der Waals surface area contributed by atoms with Crippen LogP contribution in [-0.4, -0.2) is 20.2 Å². The molecule has 4 rings (SSSR count). The summed E-state index contributed by atoms with van der Waals surface area (Å²) in [7, 11) is 0. The first-order valence-electron chi connectivity index (χ1n) is 7.64. The number of hydrogen-bond acceptors (Lipinski definition) is 5. The summed E-state index contributed by atoms with van der Waals surface area (Å²) in [5, 5.41) is 14.6. The molecular formula is C18H16N6. The number of H-pyrrole nitrogens is 1. The minimum Gasteiger partial charge on any atom is -0.340 e. The molecular weight excluding hydrogens is 300 g/mol. The summed E-state index contributed by atoms with van der Waals surface area (Å²) in [5.74, 6) is 1.32. The van der Waals surface area contributed by atoms with E-state index in [0.29, 0.717) is 5.95 Å². The van der Waals surface area contributed by atoms with Crippen molar-refractivity contribution in [1.82, 2.24) is 20.2 Å². The SMILES string of the molecule is Cc1cnc(Nc2ccccc2)nc1Nc1ccc2[nH]ncc2c1. The van der Waals surface area contributed by atoms with Crippen molar-refractivity contribution in [3.8, 4) is 0 Å². The maximum Gasteiger partial charge on any atom is 0.229 e. The molecule has 24 heavy (non-hydrogen) atoms. The fraction of sp³-hybridized carbons (Fsp3) is 0.0556. The molecule has 6 heteroatoms. The number of benzene rings is 2. The van der Waals surface area contributed by atoms with Gasteiger partial charge in [-0.1, -0.05) is 18.2 Å². The number of aryl methyl sites for hydroxylation is 1. The minimum atomic E-state index is 0.554. The van der Waals surface area contributed by atoms with Crippen molar-refractivity contribution in [2.24, 2.45) is 0 Å². The van der Waals surface area contributed by atoms with E-state index in [-0.39, 0.29) is 0 Å². The van der Waals surface area contributed by atoms with Gasteiger partial charge in [-0.15, -0.1) is 0 Å². The standard InChI is InChI=1S/C18H16N6/c1-12-10-19-18(22-14-5-3-2-4-6-14)23-17(12)21-15-7-8-16-13(9-15)11-20-24-16/h2-11H,1H3,(H,20,24)(H2,19,21,22,23). The zero-order valence-corrected chi connectivity index (χ0v) is 13.1. The molecule has 4 aromatic rings. The van der Waals surface area contributed by atoms with Crippen LogP contribution in [0.2, 0.25) is 0 Å². The van der Waals surface area contributed by atoms with E-state index < -0.39 is 0 Å². The summed E-state index contributed by atoms with van der Waals surface area (Å²) in [4.78, 5) is 8.91. The fourth-order valence-corrected chi connectivity index (χ4v) is 2.44. The molecule has 0 fully saturated rings. The Hall–Kier alpha value is -3.41. The number of para-hydroxylation sites is 1. The fourth-order valence-electron chi connectivity index (χ4n) is 2.44. The van der Waals surface area contributed by atoms with E-state index in [1.807, 2.05) is 55.5 Å². The topological polar surface area (TPSA) is 78.5 Å². The van der Waals surface area contributed by atoms with Crippen LogP contribution < -0.4 is 10.6 Å². The first-order chi connectivity index (χ1) is 11.8. The highest BCUT2D eigenvalue weighted by Crippen LogP contribution is 2.23. The van der Waals surface area contributed by atoms with Crippen molar-refractivity contribution >= 4 is 34.0 Å². The highest BCUT2D eigenvalue weighted by atomic mass is 15.1. The van der Waals surface area contributed by atoms with Gasteiger partial charge in [0.15, 0.2) is 0 Å². The van der Waals surface area contributed by atoms with Gasteiger partial charge in [-0.2, -0.15) is 10.1 Å². The third kappa shape index (κ3) is 2.89. The Morgan fingerprint density at radius 2 is 1.79 bits per heavy atom. The van der Waals surface area contributed by atoms with Crippen LogP contribution in [0.15, 0.2) is 60.9 Å². The van der Waals surface area contributed by atoms with Gasteiger partial charge in [0.05, 0.1) is 11.7 Å². The van der Waals surface area contributed by atoms with E-state index in [1.54, 1.807) is 12.4 Å². The molecule has 2 aromatic carbocycles. The van der Waals surface area contributed by atoms with Crippen LogP contribution in [-0.2, 0) is 0 Å². The van der Waals surface area contributed by atoms with Gasteiger partial charge in [-0.25, -0.2) is 4.98 Å². The Morgan fingerprint density at radius 1 is 0.917 bits per heavy atom. The van der Waals surface area contributed by atoms with Crippen LogP contribution in [0.5, 0.6) is 0 Å². The Morgan fingerprint density at radius 3 is 2.67 bits per heavy atom. The summed E-state index contributed by atoms with van der Waals surface area (Å²) in [6.07, 6.45) is 3.60. The molecule has 0 amide bonds. The van der Waals surface area contributed by atoms with Gasteiger partial charge in [0.25, 0.3) is 0 Å². The van der Waals surface area contributed by atoms with Gasteiger partial charge in [0.2, 0.25) is 5.95 Å². The van der Waals surface area contributed by atoms with E-state index in [0.717, 1.165) is 33.7 Å². The summed E-state index contributed by atoms with van der Waals surface area (Å²) in [6.45, 7) is 1.98. The van der Waals surface area contributed by atoms with Crippen LogP contribution in [0, 0.1) is 6.92 Å². The molecule has 0 bridgehead atoms. The summed E-state index contributed by atoms with van der Waals surface area (Å²) in [5.41, 5.74) is 3.88. The number of nitrogens with one attached hydrogen (secondary N) is 3. The van der Waals surface area contributed by atoms with Crippen molar-refractivity contribution in [2.45, 2.75) is 6.92 Å². The van der Waals surface area contributed by atoms with Gasteiger partial charge in [0.1, 0.15) is 5.82 Å². The first kappa shape index (κ1) is 14.2. The van der Waals surface area contributed by atoms with E-state index in [9.17, 15) is 0 Å². The number of aromatic nitrogens is 4. The molecule has 3 N–H and O–H groups in total. The maximum absolute atomic E-state index is 4.57. The van der Waals surface area contributed by atoms with Crippen LogP contribution in [0.3, 0.4) is 0 Å². The number of rotatable bonds is 4. The van der Waals surface area contributed by atoms with Crippen molar-refractivity contribution in [3.63, 3.8) is 0 Å². The second-order valence-corrected chi connectivity index (χ2v) is 5.51. The Kier molecular flexibility index (Phi) is 3.55. The highest BCUT2D eigenvalue weighted by Gasteiger charge is 2.06. The number of fused-ring (bicyclic) bond motifs is 1. The van der Waals surface area contributed by atoms with Crippen molar-refractivity contribution in [2.75, 3.05) is 10.6 Å². The predicted octanol–water partition coefficient (Wildman–Crippen LogP) is 4.15. The van der Waals surface area contributed by atoms with E-state index in [2.05, 4.69) is 30.8 Å². The summed E-state index contributed by atoms with van der Waals surface area (Å²) < 4.78 is 0. The second kappa shape index (κ2) is 6.00. The van der Waals surface area contributed by atoms with E-state index in [1.165, 1.54) is 0 Å². The van der Waals surface area contributed by atoms with Crippen molar-refractivity contribution in [3.05, 3.63) is 66.5 Å². The molecule has 6 nitrogen and oxygen atoms in total. The molecule has 0 aliphatic carbocycles. The summed E-state index contributed by atoms with van der Waals surface area (Å²) >= 11 is 0. The van der Waals surface area contributed by atoms with Gasteiger partial charge < -0.3 is 10.6 Å². The molecule has 0 aliphatic heterocycles. The van der Waals surface area contributed by atoms with Crippen LogP contribution in [0.25, 0.3) is 10.9 Å². The smallest absolute Gasteiger partial charge is 0.229 e. The van der Waals surface area contributed by atoms with E-state index in [4.69, 9.17) is 0 Å². The lowest BCUT2D eigenvalue weighted by Crippen LogP contribution is -2.02. The summed E-state index contributed by atoms with van der Waals surface area (Å²) in [6, 6.07) is 15.9. The van der Waals surface area contributed by atoms with Gasteiger partial charge in [-0.3, -0.25) is 5.10 Å². The van der Waals surface area contributed by atoms with Gasteiger partial charge in [0, 0.05) is 28.5 Å². The normalized spacial score (nSPS) is 10.7. The molecule has 2 aromatic heterocycles. The van der Waals surface area contributed by atoms with Crippen LogP contribution in [0.4, 0.5) is 23.1 Å². The van der Waals surface area contributed by atoms with Crippen LogP contribution in [0.1, 0.15) is 5.56 Å². The molecule has 2 heterocycles. The Labute approximate surface area is 139 Å². The minimum absolute atomic E-state index is 0.554. The van der Waals surface area contributed by atoms with E-state index >= 15 is 0 Å². The van der Waals surface area contributed by atoms with Gasteiger partial charge in [-0.05, 0) is 37.3 Å². The lowest BCUT2D eigenvalue weighted by atomic mass is 10.2. The third-order valence-electron chi connectivity index (χ3n) is 3.70. The average molecular weight is 316 g/mol. The maximum atomic E-state index is 4.57. The Balaban J connectivity index is 1.61. The molecule has 0 spiro atoms. The number of aromatic amines is 1. The quantitative estimate of drug-likeness (QED) is 0.527. The first-order valence-corrected chi connectivity index (χ1v) is 7.64. The van der Waals surface area contributed by atoms with Gasteiger partial charge >= 0.3 is 0 Å². The molecule has 0 unspecified atom stereocenters. The molecule has 0 saturated heterocycles. The highest BCUT2D eigenvalue weighted by molar-refractivity contribution is 5.82. The zero-order chi connectivity index (χ0) is 16.4. The molecule has 0 saturated carbocycles. The largest absolute Gasteiger partial charge is 0.340 e. The second-order valence-electron chi connectivity index (χ2n) is 5.51. The number of anilines is 4. The van der Waals surface area contributed by atoms with Crippen LogP contribution >= 0.6 is 0 Å². The Bertz CT molecular complexity index is 977.